The summed E-state index contributed by atoms with van der Waals surface area (Å²) < 4.78 is 44.0. The van der Waals surface area contributed by atoms with E-state index in [9.17, 15) is 23.7 Å². The maximum atomic E-state index is 12.8. The molecular formula is C18H7AsF3N3O. The summed E-state index contributed by atoms with van der Waals surface area (Å²) in [7, 11) is 0. The van der Waals surface area contributed by atoms with Gasteiger partial charge in [-0.15, -0.1) is 0 Å². The Kier molecular flexibility index (Phi) is 4.59. The van der Waals surface area contributed by atoms with Gasteiger partial charge >= 0.3 is 155 Å². The minimum atomic E-state index is -4.47. The third-order valence-electron chi connectivity index (χ3n) is 3.66. The molecule has 0 amide bonds. The topological polar surface area (TPSA) is 73.6 Å². The first-order chi connectivity index (χ1) is 12.4. The van der Waals surface area contributed by atoms with Crippen LogP contribution in [-0.4, -0.2) is 21.8 Å². The van der Waals surface area contributed by atoms with Crippen molar-refractivity contribution >= 4 is 21.3 Å². The Labute approximate surface area is 155 Å². The van der Waals surface area contributed by atoms with Crippen LogP contribution in [0.15, 0.2) is 47.1 Å². The second kappa shape index (κ2) is 6.71. The fraction of sp³-hybridized carbons (Fsp3) is 0.0556. The molecule has 0 saturated carbocycles. The van der Waals surface area contributed by atoms with Crippen molar-refractivity contribution in [2.24, 2.45) is 0 Å². The number of alkyl halides is 3. The number of nitriles is 2. The van der Waals surface area contributed by atoms with Crippen molar-refractivity contribution in [3.63, 3.8) is 0 Å². The number of pyridine rings is 1. The first kappa shape index (κ1) is 17.8. The molecule has 0 fully saturated rings. The molecule has 4 nitrogen and oxygen atoms in total. The second-order valence-electron chi connectivity index (χ2n) is 5.19. The minimum absolute atomic E-state index is 0.0612. The molecule has 0 spiro atoms. The number of nitrogens with zero attached hydrogens (tertiary/aromatic N) is 3. The molecule has 0 aliphatic heterocycles. The van der Waals surface area contributed by atoms with Crippen LogP contribution in [0.4, 0.5) is 13.2 Å². The number of benzene rings is 1. The van der Waals surface area contributed by atoms with Gasteiger partial charge in [-0.25, -0.2) is 0 Å². The van der Waals surface area contributed by atoms with Crippen LogP contribution in [0, 0.1) is 22.7 Å². The summed E-state index contributed by atoms with van der Waals surface area (Å²) in [5.41, 5.74) is 0.116. The van der Waals surface area contributed by atoms with Crippen LogP contribution in [0.3, 0.4) is 0 Å². The normalized spacial score (nSPS) is 11.0. The number of hydrogen-bond acceptors (Lipinski definition) is 4. The summed E-state index contributed by atoms with van der Waals surface area (Å²) in [4.78, 5) is 4.25. The summed E-state index contributed by atoms with van der Waals surface area (Å²) in [6.07, 6.45) is -3.06. The predicted octanol–water partition coefficient (Wildman–Crippen LogP) is 3.56. The van der Waals surface area contributed by atoms with Crippen molar-refractivity contribution in [2.45, 2.75) is 6.18 Å². The van der Waals surface area contributed by atoms with Crippen molar-refractivity contribution in [1.82, 2.24) is 4.98 Å². The standard InChI is InChI=1S/C18H7AsF3N3O/c19-17-13(9-24)15(10-3-5-11(6-4-10)18(20,21)22)12(8-23)16(25-17)14-2-1-7-26-14/h1-7H. The molecule has 1 aromatic carbocycles. The van der Waals surface area contributed by atoms with Gasteiger partial charge in [-0.2, -0.15) is 0 Å². The molecular weight excluding hydrogens is 406 g/mol. The average Bonchev–Trinajstić information content (AvgIpc) is 3.14. The van der Waals surface area contributed by atoms with E-state index in [1.54, 1.807) is 12.1 Å². The summed E-state index contributed by atoms with van der Waals surface area (Å²) in [5.74, 6) is 0.325. The van der Waals surface area contributed by atoms with E-state index in [0.29, 0.717) is 15.8 Å². The first-order valence-corrected chi connectivity index (χ1v) is 8.09. The van der Waals surface area contributed by atoms with Crippen molar-refractivity contribution in [3.05, 3.63) is 59.4 Å². The molecule has 0 saturated heterocycles. The van der Waals surface area contributed by atoms with E-state index in [4.69, 9.17) is 4.42 Å². The van der Waals surface area contributed by atoms with Crippen LogP contribution in [-0.2, 0) is 6.18 Å². The van der Waals surface area contributed by atoms with E-state index in [-0.39, 0.29) is 22.4 Å². The van der Waals surface area contributed by atoms with Crippen molar-refractivity contribution < 1.29 is 17.6 Å². The molecule has 8 heteroatoms. The molecule has 0 unspecified atom stereocenters. The Bertz CT molecular complexity index is 1040. The fourth-order valence-corrected chi connectivity index (χ4v) is 3.04. The molecule has 2 radical (unpaired) electrons. The summed E-state index contributed by atoms with van der Waals surface area (Å²) in [6, 6.07) is 11.5. The molecule has 0 aliphatic carbocycles. The number of halogens is 3. The van der Waals surface area contributed by atoms with Gasteiger partial charge in [0.15, 0.2) is 0 Å². The summed E-state index contributed by atoms with van der Waals surface area (Å²) in [5, 5.41) is 19.1. The fourth-order valence-electron chi connectivity index (χ4n) is 2.49. The second-order valence-corrected chi connectivity index (χ2v) is 6.07. The molecule has 0 bridgehead atoms. The number of hydrogen-bond donors (Lipinski definition) is 0. The molecule has 0 atom stereocenters. The molecule has 0 aliphatic rings. The van der Waals surface area contributed by atoms with E-state index in [2.05, 4.69) is 21.8 Å². The van der Waals surface area contributed by atoms with Crippen LogP contribution >= 0.6 is 0 Å². The van der Waals surface area contributed by atoms with Gasteiger partial charge in [0.05, 0.1) is 0 Å². The van der Waals surface area contributed by atoms with E-state index in [1.807, 2.05) is 12.1 Å². The first-order valence-electron chi connectivity index (χ1n) is 7.15. The van der Waals surface area contributed by atoms with Gasteiger partial charge in [0, 0.05) is 0 Å². The summed E-state index contributed by atoms with van der Waals surface area (Å²) >= 11 is 2.13. The van der Waals surface area contributed by atoms with Gasteiger partial charge in [-0.1, -0.05) is 0 Å². The zero-order valence-corrected chi connectivity index (χ0v) is 14.7. The molecule has 3 aromatic rings. The zero-order chi connectivity index (χ0) is 18.9. The Morgan fingerprint density at radius 3 is 2.15 bits per heavy atom. The monoisotopic (exact) mass is 413 g/mol. The van der Waals surface area contributed by atoms with Gasteiger partial charge in [0.25, 0.3) is 0 Å². The Morgan fingerprint density at radius 1 is 1.00 bits per heavy atom. The zero-order valence-electron chi connectivity index (χ0n) is 12.9. The molecule has 126 valence electrons. The maximum absolute atomic E-state index is 12.8. The van der Waals surface area contributed by atoms with E-state index in [0.717, 1.165) is 12.1 Å². The molecule has 3 rings (SSSR count). The molecule has 0 N–H and O–H groups in total. The Morgan fingerprint density at radius 2 is 1.65 bits per heavy atom. The van der Waals surface area contributed by atoms with Gasteiger partial charge < -0.3 is 0 Å². The number of furan rings is 1. The van der Waals surface area contributed by atoms with E-state index < -0.39 is 11.7 Å². The van der Waals surface area contributed by atoms with Gasteiger partial charge in [0.1, 0.15) is 0 Å². The number of rotatable bonds is 2. The number of aromatic nitrogens is 1. The van der Waals surface area contributed by atoms with Crippen LogP contribution in [0.1, 0.15) is 16.7 Å². The molecule has 2 heterocycles. The van der Waals surface area contributed by atoms with Gasteiger partial charge in [0.2, 0.25) is 0 Å². The predicted molar refractivity (Wildman–Crippen MR) is 87.2 cm³/mol. The van der Waals surface area contributed by atoms with Gasteiger partial charge in [-0.3, -0.25) is 0 Å². The Hall–Kier alpha value is -3.02. The van der Waals surface area contributed by atoms with Gasteiger partial charge in [-0.05, 0) is 0 Å². The van der Waals surface area contributed by atoms with Crippen LogP contribution in [0.2, 0.25) is 0 Å². The van der Waals surface area contributed by atoms with Crippen molar-refractivity contribution in [1.29, 1.82) is 10.5 Å². The van der Waals surface area contributed by atoms with Crippen LogP contribution in [0.25, 0.3) is 22.6 Å². The van der Waals surface area contributed by atoms with Crippen LogP contribution in [0.5, 0.6) is 0 Å². The SMILES string of the molecule is N#Cc1c([As])nc(-c2ccco2)c(C#N)c1-c1ccc(C(F)(F)F)cc1. The molecule has 2 aromatic heterocycles. The van der Waals surface area contributed by atoms with Crippen LogP contribution < -0.4 is 4.48 Å². The third-order valence-corrected chi connectivity index (χ3v) is 4.34. The van der Waals surface area contributed by atoms with Crippen molar-refractivity contribution in [2.75, 3.05) is 0 Å². The average molecular weight is 413 g/mol. The quantitative estimate of drug-likeness (QED) is 0.603. The van der Waals surface area contributed by atoms with Crippen molar-refractivity contribution in [3.8, 4) is 34.7 Å². The van der Waals surface area contributed by atoms with E-state index >= 15 is 0 Å². The third kappa shape index (κ3) is 3.10. The van der Waals surface area contributed by atoms with E-state index in [1.165, 1.54) is 18.4 Å². The summed E-state index contributed by atoms with van der Waals surface area (Å²) in [6.45, 7) is 0. The Balaban J connectivity index is 2.30. The molecule has 26 heavy (non-hydrogen) atoms.